The standard InChI is InChI=1S/C24H22N4O3/c1-2-17-9-13-20(14-10-17)25-23(29)16-31-24(30)19-11-7-18(8-12-19)15-28-22-6-4-3-5-21(22)26-27-28/h3-14H,2,15-16H2,1H3,(H,25,29). The Morgan fingerprint density at radius 1 is 0.935 bits per heavy atom. The summed E-state index contributed by atoms with van der Waals surface area (Å²) in [6.07, 6.45) is 0.931. The Kier molecular flexibility index (Phi) is 6.03. The minimum absolute atomic E-state index is 0.346. The molecule has 0 aliphatic rings. The number of anilines is 1. The number of carbonyl (C=O) groups excluding carboxylic acids is 2. The predicted molar refractivity (Wildman–Crippen MR) is 118 cm³/mol. The van der Waals surface area contributed by atoms with Gasteiger partial charge in [0.25, 0.3) is 5.91 Å². The molecule has 7 nitrogen and oxygen atoms in total. The lowest BCUT2D eigenvalue weighted by Crippen LogP contribution is -2.20. The smallest absolute Gasteiger partial charge is 0.338 e. The molecule has 156 valence electrons. The summed E-state index contributed by atoms with van der Waals surface area (Å²) >= 11 is 0. The van der Waals surface area contributed by atoms with E-state index in [9.17, 15) is 9.59 Å². The van der Waals surface area contributed by atoms with Gasteiger partial charge < -0.3 is 10.1 Å². The third-order valence-electron chi connectivity index (χ3n) is 4.92. The van der Waals surface area contributed by atoms with E-state index in [-0.39, 0.29) is 12.5 Å². The molecular formula is C24H22N4O3. The SMILES string of the molecule is CCc1ccc(NC(=O)COC(=O)c2ccc(Cn3nnc4ccccc43)cc2)cc1. The number of para-hydroxylation sites is 1. The van der Waals surface area contributed by atoms with Crippen LogP contribution in [0.1, 0.15) is 28.4 Å². The van der Waals surface area contributed by atoms with Gasteiger partial charge in [-0.3, -0.25) is 4.79 Å². The van der Waals surface area contributed by atoms with Crippen molar-refractivity contribution in [3.8, 4) is 0 Å². The van der Waals surface area contributed by atoms with Crippen LogP contribution in [0, 0.1) is 0 Å². The molecule has 1 heterocycles. The summed E-state index contributed by atoms with van der Waals surface area (Å²) in [6.45, 7) is 2.26. The highest BCUT2D eigenvalue weighted by molar-refractivity contribution is 5.95. The fourth-order valence-corrected chi connectivity index (χ4v) is 3.19. The molecule has 0 saturated heterocycles. The Morgan fingerprint density at radius 3 is 2.39 bits per heavy atom. The zero-order valence-corrected chi connectivity index (χ0v) is 17.1. The van der Waals surface area contributed by atoms with E-state index in [0.29, 0.717) is 17.8 Å². The summed E-state index contributed by atoms with van der Waals surface area (Å²) in [6, 6.07) is 22.3. The maximum absolute atomic E-state index is 12.3. The average Bonchev–Trinajstić information content (AvgIpc) is 3.21. The number of amides is 1. The molecule has 0 spiro atoms. The quantitative estimate of drug-likeness (QED) is 0.465. The van der Waals surface area contributed by atoms with Gasteiger partial charge in [-0.2, -0.15) is 0 Å². The molecule has 4 aromatic rings. The van der Waals surface area contributed by atoms with Gasteiger partial charge in [0.05, 0.1) is 17.6 Å². The molecule has 1 N–H and O–H groups in total. The first-order valence-corrected chi connectivity index (χ1v) is 10.1. The Balaban J connectivity index is 1.31. The summed E-state index contributed by atoms with van der Waals surface area (Å²) in [5.74, 6) is -0.929. The van der Waals surface area contributed by atoms with E-state index in [1.807, 2.05) is 60.7 Å². The summed E-state index contributed by atoms with van der Waals surface area (Å²) < 4.78 is 6.94. The van der Waals surface area contributed by atoms with Gasteiger partial charge in [-0.25, -0.2) is 9.48 Å². The summed E-state index contributed by atoms with van der Waals surface area (Å²) in [5, 5.41) is 11.0. The summed E-state index contributed by atoms with van der Waals surface area (Å²) in [7, 11) is 0. The lowest BCUT2D eigenvalue weighted by molar-refractivity contribution is -0.119. The minimum Gasteiger partial charge on any atom is -0.452 e. The number of benzene rings is 3. The van der Waals surface area contributed by atoms with E-state index in [1.165, 1.54) is 5.56 Å². The largest absolute Gasteiger partial charge is 0.452 e. The van der Waals surface area contributed by atoms with E-state index in [2.05, 4.69) is 22.6 Å². The number of nitrogens with zero attached hydrogens (tertiary/aromatic N) is 3. The molecule has 0 aliphatic heterocycles. The van der Waals surface area contributed by atoms with Gasteiger partial charge in [0, 0.05) is 5.69 Å². The molecule has 31 heavy (non-hydrogen) atoms. The number of hydrogen-bond donors (Lipinski definition) is 1. The molecule has 0 aliphatic carbocycles. The normalized spacial score (nSPS) is 10.7. The van der Waals surface area contributed by atoms with Crippen molar-refractivity contribution in [2.24, 2.45) is 0 Å². The second kappa shape index (κ2) is 9.21. The number of aromatic nitrogens is 3. The molecular weight excluding hydrogens is 392 g/mol. The molecule has 1 aromatic heterocycles. The van der Waals surface area contributed by atoms with Crippen LogP contribution in [0.3, 0.4) is 0 Å². The molecule has 0 bridgehead atoms. The van der Waals surface area contributed by atoms with Crippen molar-refractivity contribution in [3.63, 3.8) is 0 Å². The van der Waals surface area contributed by atoms with Crippen molar-refractivity contribution in [3.05, 3.63) is 89.5 Å². The van der Waals surface area contributed by atoms with Crippen molar-refractivity contribution in [2.45, 2.75) is 19.9 Å². The van der Waals surface area contributed by atoms with Crippen molar-refractivity contribution in [2.75, 3.05) is 11.9 Å². The van der Waals surface area contributed by atoms with Gasteiger partial charge in [-0.05, 0) is 53.9 Å². The Hall–Kier alpha value is -4.00. The van der Waals surface area contributed by atoms with Crippen LogP contribution >= 0.6 is 0 Å². The van der Waals surface area contributed by atoms with Crippen LogP contribution in [-0.4, -0.2) is 33.5 Å². The van der Waals surface area contributed by atoms with Crippen molar-refractivity contribution in [1.82, 2.24) is 15.0 Å². The zero-order chi connectivity index (χ0) is 21.6. The van der Waals surface area contributed by atoms with Crippen LogP contribution in [0.5, 0.6) is 0 Å². The fraction of sp³-hybridized carbons (Fsp3) is 0.167. The molecule has 1 amide bonds. The Labute approximate surface area is 179 Å². The van der Waals surface area contributed by atoms with E-state index in [4.69, 9.17) is 4.74 Å². The van der Waals surface area contributed by atoms with Gasteiger partial charge in [0.1, 0.15) is 5.52 Å². The van der Waals surface area contributed by atoms with Gasteiger partial charge in [-0.15, -0.1) is 5.10 Å². The lowest BCUT2D eigenvalue weighted by atomic mass is 10.1. The second-order valence-corrected chi connectivity index (χ2v) is 7.11. The molecule has 0 fully saturated rings. The van der Waals surface area contributed by atoms with Crippen molar-refractivity contribution < 1.29 is 14.3 Å². The van der Waals surface area contributed by atoms with E-state index in [0.717, 1.165) is 23.0 Å². The van der Waals surface area contributed by atoms with Gasteiger partial charge >= 0.3 is 5.97 Å². The first-order chi connectivity index (χ1) is 15.1. The number of aryl methyl sites for hydroxylation is 1. The van der Waals surface area contributed by atoms with Gasteiger partial charge in [0.15, 0.2) is 6.61 Å². The molecule has 3 aromatic carbocycles. The predicted octanol–water partition coefficient (Wildman–Crippen LogP) is 3.84. The number of rotatable bonds is 7. The summed E-state index contributed by atoms with van der Waals surface area (Å²) in [4.78, 5) is 24.3. The highest BCUT2D eigenvalue weighted by Crippen LogP contribution is 2.14. The number of nitrogens with one attached hydrogen (secondary N) is 1. The van der Waals surface area contributed by atoms with Crippen LogP contribution in [-0.2, 0) is 22.5 Å². The molecule has 0 unspecified atom stereocenters. The number of hydrogen-bond acceptors (Lipinski definition) is 5. The van der Waals surface area contributed by atoms with Gasteiger partial charge in [-0.1, -0.05) is 48.5 Å². The van der Waals surface area contributed by atoms with Crippen LogP contribution in [0.2, 0.25) is 0 Å². The highest BCUT2D eigenvalue weighted by Gasteiger charge is 2.11. The van der Waals surface area contributed by atoms with Crippen LogP contribution < -0.4 is 5.32 Å². The Morgan fingerprint density at radius 2 is 1.65 bits per heavy atom. The topological polar surface area (TPSA) is 86.1 Å². The average molecular weight is 414 g/mol. The first kappa shape index (κ1) is 20.3. The molecule has 4 rings (SSSR count). The van der Waals surface area contributed by atoms with Crippen molar-refractivity contribution >= 4 is 28.6 Å². The number of carbonyl (C=O) groups is 2. The maximum Gasteiger partial charge on any atom is 0.338 e. The molecule has 0 atom stereocenters. The van der Waals surface area contributed by atoms with Crippen LogP contribution in [0.15, 0.2) is 72.8 Å². The third kappa shape index (κ3) is 4.95. The highest BCUT2D eigenvalue weighted by atomic mass is 16.5. The number of fused-ring (bicyclic) bond motifs is 1. The van der Waals surface area contributed by atoms with Crippen molar-refractivity contribution in [1.29, 1.82) is 0 Å². The van der Waals surface area contributed by atoms with Crippen LogP contribution in [0.4, 0.5) is 5.69 Å². The van der Waals surface area contributed by atoms with E-state index < -0.39 is 5.97 Å². The van der Waals surface area contributed by atoms with E-state index in [1.54, 1.807) is 16.8 Å². The monoisotopic (exact) mass is 414 g/mol. The van der Waals surface area contributed by atoms with Gasteiger partial charge in [0.2, 0.25) is 0 Å². The lowest BCUT2D eigenvalue weighted by Gasteiger charge is -2.08. The molecule has 0 saturated carbocycles. The summed E-state index contributed by atoms with van der Waals surface area (Å²) in [5.41, 5.74) is 4.99. The maximum atomic E-state index is 12.3. The molecule has 7 heteroatoms. The van der Waals surface area contributed by atoms with Crippen LogP contribution in [0.25, 0.3) is 11.0 Å². The second-order valence-electron chi connectivity index (χ2n) is 7.11. The minimum atomic E-state index is -0.547. The number of esters is 1. The number of ether oxygens (including phenoxy) is 1. The third-order valence-corrected chi connectivity index (χ3v) is 4.92. The van der Waals surface area contributed by atoms with E-state index >= 15 is 0 Å². The molecule has 0 radical (unpaired) electrons. The fourth-order valence-electron chi connectivity index (χ4n) is 3.19. The first-order valence-electron chi connectivity index (χ1n) is 10.1. The zero-order valence-electron chi connectivity index (χ0n) is 17.1. The Bertz CT molecular complexity index is 1200.